The number of ether oxygens (including phenoxy) is 2. The van der Waals surface area contributed by atoms with Crippen LogP contribution in [-0.2, 0) is 4.74 Å². The van der Waals surface area contributed by atoms with E-state index in [4.69, 9.17) is 4.74 Å². The number of nitrogens with zero attached hydrogens (tertiary/aromatic N) is 1. The van der Waals surface area contributed by atoms with E-state index in [1.54, 1.807) is 12.0 Å². The van der Waals surface area contributed by atoms with Crippen LogP contribution in [0.3, 0.4) is 0 Å². The molecule has 1 fully saturated rings. The van der Waals surface area contributed by atoms with E-state index in [2.05, 4.69) is 9.72 Å². The molecule has 1 atom stereocenters. The summed E-state index contributed by atoms with van der Waals surface area (Å²) in [5, 5.41) is 0.114. The molecule has 0 bridgehead atoms. The van der Waals surface area contributed by atoms with Gasteiger partial charge in [0, 0.05) is 31.3 Å². The van der Waals surface area contributed by atoms with E-state index in [1.165, 1.54) is 12.3 Å². The van der Waals surface area contributed by atoms with E-state index < -0.39 is 29.0 Å². The molecule has 1 aromatic carbocycles. The number of carbonyl (C=O) groups is 1. The van der Waals surface area contributed by atoms with Crippen LogP contribution in [0.25, 0.3) is 10.9 Å². The predicted molar refractivity (Wildman–Crippen MR) is 91.8 cm³/mol. The van der Waals surface area contributed by atoms with Crippen LogP contribution in [-0.4, -0.2) is 48.0 Å². The Hall–Kier alpha value is -2.55. The lowest BCUT2D eigenvalue weighted by Gasteiger charge is -2.34. The molecule has 3 rings (SSSR count). The summed E-state index contributed by atoms with van der Waals surface area (Å²) in [6.45, 7) is 2.76. The van der Waals surface area contributed by atoms with Crippen molar-refractivity contribution in [2.24, 2.45) is 0 Å². The van der Waals surface area contributed by atoms with Crippen molar-refractivity contribution in [2.75, 3.05) is 20.3 Å². The summed E-state index contributed by atoms with van der Waals surface area (Å²) in [5.74, 6) is -0.872. The third kappa shape index (κ3) is 3.78. The van der Waals surface area contributed by atoms with Crippen LogP contribution in [0.1, 0.15) is 30.1 Å². The van der Waals surface area contributed by atoms with Gasteiger partial charge < -0.3 is 19.4 Å². The van der Waals surface area contributed by atoms with Crippen LogP contribution in [0.2, 0.25) is 0 Å². The average Bonchev–Trinajstić information content (AvgIpc) is 2.95. The first-order chi connectivity index (χ1) is 12.6. The highest BCUT2D eigenvalue weighted by molar-refractivity contribution is 5.97. The Kier molecular flexibility index (Phi) is 4.90. The molecule has 1 unspecified atom stereocenters. The lowest BCUT2D eigenvalue weighted by molar-refractivity contribution is -0.274. The van der Waals surface area contributed by atoms with Crippen LogP contribution in [0.4, 0.5) is 13.2 Å². The minimum atomic E-state index is -4.83. The Bertz CT molecular complexity index is 925. The van der Waals surface area contributed by atoms with Crippen LogP contribution in [0.15, 0.2) is 29.2 Å². The maximum Gasteiger partial charge on any atom is 0.573 e. The summed E-state index contributed by atoms with van der Waals surface area (Å²) >= 11 is 0. The van der Waals surface area contributed by atoms with Gasteiger partial charge in [-0.3, -0.25) is 9.59 Å². The Balaban J connectivity index is 1.96. The van der Waals surface area contributed by atoms with Crippen molar-refractivity contribution in [1.29, 1.82) is 0 Å². The van der Waals surface area contributed by atoms with Crippen molar-refractivity contribution < 1.29 is 27.4 Å². The molecule has 2 heterocycles. The van der Waals surface area contributed by atoms with Gasteiger partial charge in [0.05, 0.1) is 17.7 Å². The van der Waals surface area contributed by atoms with E-state index in [1.807, 2.05) is 6.92 Å². The van der Waals surface area contributed by atoms with Crippen molar-refractivity contribution in [3.05, 3.63) is 40.2 Å². The van der Waals surface area contributed by atoms with Gasteiger partial charge in [0.15, 0.2) is 0 Å². The minimum Gasteiger partial charge on any atom is -0.406 e. The first-order valence-electron chi connectivity index (χ1n) is 8.37. The summed E-state index contributed by atoms with van der Waals surface area (Å²) < 4.78 is 46.1. The number of carbonyl (C=O) groups excluding carboxylic acids is 1. The summed E-state index contributed by atoms with van der Waals surface area (Å²) in [7, 11) is 1.55. The number of alkyl halides is 3. The van der Waals surface area contributed by atoms with Crippen molar-refractivity contribution in [3.63, 3.8) is 0 Å². The van der Waals surface area contributed by atoms with Gasteiger partial charge in [-0.15, -0.1) is 13.2 Å². The second kappa shape index (κ2) is 6.88. The topological polar surface area (TPSA) is 71.6 Å². The number of halogens is 3. The summed E-state index contributed by atoms with van der Waals surface area (Å²) in [4.78, 5) is 30.0. The first-order valence-corrected chi connectivity index (χ1v) is 8.37. The number of aromatic amines is 1. The molecule has 1 aliphatic rings. The molecule has 6 nitrogen and oxygen atoms in total. The molecule has 2 aromatic rings. The number of rotatable bonds is 4. The highest BCUT2D eigenvalue weighted by Gasteiger charge is 2.40. The number of hydrogen-bond acceptors (Lipinski definition) is 4. The number of fused-ring (bicyclic) bond motifs is 1. The van der Waals surface area contributed by atoms with Crippen LogP contribution < -0.4 is 10.2 Å². The zero-order valence-electron chi connectivity index (χ0n) is 14.9. The van der Waals surface area contributed by atoms with Gasteiger partial charge in [0.2, 0.25) is 5.43 Å². The van der Waals surface area contributed by atoms with Crippen LogP contribution in [0, 0.1) is 0 Å². The van der Waals surface area contributed by atoms with Gasteiger partial charge in [-0.2, -0.15) is 0 Å². The lowest BCUT2D eigenvalue weighted by atomic mass is 9.99. The fraction of sp³-hybridized carbons (Fsp3) is 0.444. The Morgan fingerprint density at radius 1 is 1.37 bits per heavy atom. The first kappa shape index (κ1) is 19.2. The number of amides is 1. The van der Waals surface area contributed by atoms with Gasteiger partial charge in [-0.05, 0) is 31.9 Å². The third-order valence-corrected chi connectivity index (χ3v) is 4.77. The fourth-order valence-corrected chi connectivity index (χ4v) is 3.53. The number of hydrogen-bond donors (Lipinski definition) is 1. The predicted octanol–water partition coefficient (Wildman–Crippen LogP) is 3.07. The quantitative estimate of drug-likeness (QED) is 0.880. The average molecular weight is 384 g/mol. The molecule has 27 heavy (non-hydrogen) atoms. The molecular formula is C18H19F3N2O4. The number of pyridine rings is 1. The smallest absolute Gasteiger partial charge is 0.406 e. The van der Waals surface area contributed by atoms with Crippen molar-refractivity contribution in [2.45, 2.75) is 31.7 Å². The second-order valence-electron chi connectivity index (χ2n) is 6.78. The molecule has 0 radical (unpaired) electrons. The molecule has 0 spiro atoms. The van der Waals surface area contributed by atoms with E-state index in [9.17, 15) is 22.8 Å². The van der Waals surface area contributed by atoms with E-state index in [0.29, 0.717) is 13.2 Å². The van der Waals surface area contributed by atoms with E-state index in [0.717, 1.165) is 25.0 Å². The Morgan fingerprint density at radius 2 is 2.11 bits per heavy atom. The number of aromatic nitrogens is 1. The van der Waals surface area contributed by atoms with Crippen LogP contribution >= 0.6 is 0 Å². The minimum absolute atomic E-state index is 0.0591. The van der Waals surface area contributed by atoms with Crippen molar-refractivity contribution in [3.8, 4) is 5.75 Å². The molecule has 0 saturated carbocycles. The number of likely N-dealkylation sites (tertiary alicyclic amines) is 1. The number of benzene rings is 1. The summed E-state index contributed by atoms with van der Waals surface area (Å²) in [6.07, 6.45) is -2.03. The van der Waals surface area contributed by atoms with Gasteiger partial charge >= 0.3 is 6.36 Å². The zero-order chi connectivity index (χ0) is 19.8. The van der Waals surface area contributed by atoms with Crippen molar-refractivity contribution >= 4 is 16.8 Å². The monoisotopic (exact) mass is 384 g/mol. The van der Waals surface area contributed by atoms with Gasteiger partial charge in [0.25, 0.3) is 5.91 Å². The van der Waals surface area contributed by atoms with Gasteiger partial charge in [-0.25, -0.2) is 0 Å². The highest BCUT2D eigenvalue weighted by Crippen LogP contribution is 2.31. The summed E-state index contributed by atoms with van der Waals surface area (Å²) in [5.41, 5.74) is -0.952. The highest BCUT2D eigenvalue weighted by atomic mass is 19.4. The molecule has 9 heteroatoms. The fourth-order valence-electron chi connectivity index (χ4n) is 3.53. The van der Waals surface area contributed by atoms with Crippen molar-refractivity contribution in [1.82, 2.24) is 9.88 Å². The van der Waals surface area contributed by atoms with E-state index >= 15 is 0 Å². The molecule has 1 amide bonds. The van der Waals surface area contributed by atoms with E-state index in [-0.39, 0.29) is 16.5 Å². The number of H-pyrrole nitrogens is 1. The SMILES string of the molecule is COCC1(C)CCCN1C(=O)c1c[nH]c2cc(OC(F)(F)F)ccc2c1=O. The molecule has 146 valence electrons. The number of nitrogens with one attached hydrogen (secondary N) is 1. The maximum atomic E-state index is 12.9. The molecular weight excluding hydrogens is 365 g/mol. The summed E-state index contributed by atoms with van der Waals surface area (Å²) in [6, 6.07) is 3.33. The third-order valence-electron chi connectivity index (χ3n) is 4.77. The zero-order valence-corrected chi connectivity index (χ0v) is 14.9. The molecule has 1 saturated heterocycles. The maximum absolute atomic E-state index is 12.9. The van der Waals surface area contributed by atoms with Gasteiger partial charge in [-0.1, -0.05) is 0 Å². The normalized spacial score (nSPS) is 20.3. The molecule has 1 aliphatic heterocycles. The standard InChI is InChI=1S/C18H19F3N2O4/c1-17(10-26-2)6-3-7-23(17)16(25)13-9-22-14-8-11(27-18(19,20)21)4-5-12(14)15(13)24/h4-5,8-9H,3,6-7,10H2,1-2H3,(H,22,24). The molecule has 1 N–H and O–H groups in total. The lowest BCUT2D eigenvalue weighted by Crippen LogP contribution is -2.49. The largest absolute Gasteiger partial charge is 0.573 e. The Labute approximate surface area is 152 Å². The van der Waals surface area contributed by atoms with Gasteiger partial charge in [0.1, 0.15) is 11.3 Å². The van der Waals surface area contributed by atoms with Crippen LogP contribution in [0.5, 0.6) is 5.75 Å². The molecule has 1 aromatic heterocycles. The molecule has 0 aliphatic carbocycles. The second-order valence-corrected chi connectivity index (χ2v) is 6.78. The Morgan fingerprint density at radius 3 is 2.78 bits per heavy atom. The number of methoxy groups -OCH3 is 1.